The number of benzene rings is 2. The monoisotopic (exact) mass is 226 g/mol. The molecule has 0 aliphatic rings. The molecule has 2 aromatic rings. The molecule has 16 heavy (non-hydrogen) atoms. The van der Waals surface area contributed by atoms with Crippen LogP contribution >= 0.6 is 0 Å². The van der Waals surface area contributed by atoms with E-state index in [2.05, 4.69) is 0 Å². The highest BCUT2D eigenvalue weighted by Crippen LogP contribution is 2.27. The molecule has 0 unspecified atom stereocenters. The molecule has 0 saturated carbocycles. The Balaban J connectivity index is 2.67. The topological polar surface area (TPSA) is 0 Å². The van der Waals surface area contributed by atoms with Crippen LogP contribution in [0.15, 0.2) is 36.4 Å². The first-order chi connectivity index (χ1) is 7.59. The highest BCUT2D eigenvalue weighted by molar-refractivity contribution is 5.64. The largest absolute Gasteiger partial charge is 0.207 e. The van der Waals surface area contributed by atoms with Crippen LogP contribution in [-0.4, -0.2) is 0 Å². The normalized spacial score (nSPS) is 10.5. The van der Waals surface area contributed by atoms with Crippen LogP contribution in [0.3, 0.4) is 0 Å². The zero-order valence-corrected chi connectivity index (χ0v) is 7.98. The van der Waals surface area contributed by atoms with Gasteiger partial charge in [-0.25, -0.2) is 17.6 Å². The smallest absolute Gasteiger partial charge is 0.166 e. The Kier molecular flexibility index (Phi) is 2.64. The van der Waals surface area contributed by atoms with Gasteiger partial charge in [-0.15, -0.1) is 0 Å². The van der Waals surface area contributed by atoms with E-state index in [1.54, 1.807) is 0 Å². The molecule has 0 aliphatic heterocycles. The van der Waals surface area contributed by atoms with E-state index in [1.807, 2.05) is 0 Å². The minimum atomic E-state index is -1.19. The third kappa shape index (κ3) is 1.78. The lowest BCUT2D eigenvalue weighted by atomic mass is 10.0. The van der Waals surface area contributed by atoms with Gasteiger partial charge in [0.15, 0.2) is 11.6 Å². The second-order valence-electron chi connectivity index (χ2n) is 3.23. The summed E-state index contributed by atoms with van der Waals surface area (Å²) in [5, 5.41) is 0. The van der Waals surface area contributed by atoms with E-state index in [0.29, 0.717) is 0 Å². The van der Waals surface area contributed by atoms with Crippen LogP contribution in [-0.2, 0) is 0 Å². The van der Waals surface area contributed by atoms with Crippen molar-refractivity contribution in [3.63, 3.8) is 0 Å². The summed E-state index contributed by atoms with van der Waals surface area (Å²) >= 11 is 0. The molecule has 0 atom stereocenters. The molecule has 0 nitrogen and oxygen atoms in total. The fourth-order valence-corrected chi connectivity index (χ4v) is 1.42. The number of hydrogen-bond acceptors (Lipinski definition) is 0. The second-order valence-corrected chi connectivity index (χ2v) is 3.23. The van der Waals surface area contributed by atoms with Crippen LogP contribution in [0.4, 0.5) is 17.6 Å². The van der Waals surface area contributed by atoms with E-state index in [0.717, 1.165) is 24.3 Å². The lowest BCUT2D eigenvalue weighted by Crippen LogP contribution is -1.92. The molecule has 4 heteroatoms. The molecular weight excluding hydrogens is 220 g/mol. The van der Waals surface area contributed by atoms with Crippen LogP contribution in [0.25, 0.3) is 11.1 Å². The highest BCUT2D eigenvalue weighted by Gasteiger charge is 2.13. The number of rotatable bonds is 1. The van der Waals surface area contributed by atoms with Crippen LogP contribution in [0.2, 0.25) is 0 Å². The molecule has 0 saturated heterocycles. The minimum absolute atomic E-state index is 0.294. The number of halogens is 4. The second kappa shape index (κ2) is 3.96. The zero-order chi connectivity index (χ0) is 11.7. The maximum Gasteiger partial charge on any atom is 0.166 e. The van der Waals surface area contributed by atoms with Gasteiger partial charge in [0, 0.05) is 11.1 Å². The van der Waals surface area contributed by atoms with E-state index in [-0.39, 0.29) is 11.1 Å². The van der Waals surface area contributed by atoms with Crippen molar-refractivity contribution >= 4 is 0 Å². The Hall–Kier alpha value is -1.84. The highest BCUT2D eigenvalue weighted by atomic mass is 19.2. The van der Waals surface area contributed by atoms with Crippen molar-refractivity contribution in [2.24, 2.45) is 0 Å². The minimum Gasteiger partial charge on any atom is -0.207 e. The molecule has 0 bridgehead atoms. The van der Waals surface area contributed by atoms with E-state index in [9.17, 15) is 17.6 Å². The molecule has 2 rings (SSSR count). The summed E-state index contributed by atoms with van der Waals surface area (Å²) in [6, 6.07) is 5.95. The first kappa shape index (κ1) is 10.7. The molecule has 0 amide bonds. The molecule has 0 heterocycles. The predicted molar refractivity (Wildman–Crippen MR) is 51.7 cm³/mol. The first-order valence-corrected chi connectivity index (χ1v) is 4.49. The summed E-state index contributed by atoms with van der Waals surface area (Å²) in [5.74, 6) is -3.79. The quantitative estimate of drug-likeness (QED) is 0.646. The molecule has 2 aromatic carbocycles. The SMILES string of the molecule is Fc1ccc(F)c(-c2cccc(F)c2F)c1. The van der Waals surface area contributed by atoms with Gasteiger partial charge in [0.1, 0.15) is 11.6 Å². The third-order valence-corrected chi connectivity index (χ3v) is 2.17. The predicted octanol–water partition coefficient (Wildman–Crippen LogP) is 3.91. The molecule has 0 fully saturated rings. The van der Waals surface area contributed by atoms with Gasteiger partial charge in [0.05, 0.1) is 0 Å². The Morgan fingerprint density at radius 3 is 2.19 bits per heavy atom. The molecule has 82 valence electrons. The Morgan fingerprint density at radius 2 is 1.44 bits per heavy atom. The van der Waals surface area contributed by atoms with E-state index in [1.165, 1.54) is 12.1 Å². The van der Waals surface area contributed by atoms with Crippen LogP contribution in [0, 0.1) is 23.3 Å². The Labute approximate surface area is 89.2 Å². The number of hydrogen-bond donors (Lipinski definition) is 0. The maximum atomic E-state index is 13.3. The van der Waals surface area contributed by atoms with Gasteiger partial charge < -0.3 is 0 Å². The van der Waals surface area contributed by atoms with Crippen molar-refractivity contribution in [2.75, 3.05) is 0 Å². The van der Waals surface area contributed by atoms with Gasteiger partial charge in [0.25, 0.3) is 0 Å². The molecule has 0 N–H and O–H groups in total. The van der Waals surface area contributed by atoms with Crippen molar-refractivity contribution < 1.29 is 17.6 Å². The van der Waals surface area contributed by atoms with Gasteiger partial charge in [0.2, 0.25) is 0 Å². The third-order valence-electron chi connectivity index (χ3n) is 2.17. The fourth-order valence-electron chi connectivity index (χ4n) is 1.42. The van der Waals surface area contributed by atoms with Crippen LogP contribution in [0.1, 0.15) is 0 Å². The molecule has 0 aromatic heterocycles. The summed E-state index contributed by atoms with van der Waals surface area (Å²) in [6.07, 6.45) is 0. The van der Waals surface area contributed by atoms with E-state index in [4.69, 9.17) is 0 Å². The first-order valence-electron chi connectivity index (χ1n) is 4.49. The summed E-state index contributed by atoms with van der Waals surface area (Å²) in [5.41, 5.74) is -0.589. The average molecular weight is 226 g/mol. The van der Waals surface area contributed by atoms with Gasteiger partial charge in [-0.3, -0.25) is 0 Å². The maximum absolute atomic E-state index is 13.3. The lowest BCUT2D eigenvalue weighted by Gasteiger charge is -2.05. The van der Waals surface area contributed by atoms with Gasteiger partial charge >= 0.3 is 0 Å². The van der Waals surface area contributed by atoms with Crippen molar-refractivity contribution in [3.05, 3.63) is 59.7 Å². The van der Waals surface area contributed by atoms with E-state index >= 15 is 0 Å². The van der Waals surface area contributed by atoms with Crippen molar-refractivity contribution in [2.45, 2.75) is 0 Å². The van der Waals surface area contributed by atoms with Crippen LogP contribution in [0.5, 0.6) is 0 Å². The summed E-state index contributed by atoms with van der Waals surface area (Å²) in [6.45, 7) is 0. The zero-order valence-electron chi connectivity index (χ0n) is 7.98. The fraction of sp³-hybridized carbons (Fsp3) is 0. The van der Waals surface area contributed by atoms with Crippen molar-refractivity contribution in [3.8, 4) is 11.1 Å². The molecule has 0 aliphatic carbocycles. The molecular formula is C12H6F4. The molecule has 0 radical (unpaired) electrons. The summed E-state index contributed by atoms with van der Waals surface area (Å²) in [7, 11) is 0. The average Bonchev–Trinajstić information content (AvgIpc) is 2.26. The Bertz CT molecular complexity index is 535. The van der Waals surface area contributed by atoms with Crippen molar-refractivity contribution in [1.82, 2.24) is 0 Å². The van der Waals surface area contributed by atoms with E-state index < -0.39 is 23.3 Å². The van der Waals surface area contributed by atoms with Crippen LogP contribution < -0.4 is 0 Å². The van der Waals surface area contributed by atoms with Gasteiger partial charge in [-0.1, -0.05) is 12.1 Å². The van der Waals surface area contributed by atoms with Gasteiger partial charge in [-0.05, 0) is 24.3 Å². The van der Waals surface area contributed by atoms with Gasteiger partial charge in [-0.2, -0.15) is 0 Å². The summed E-state index contributed by atoms with van der Waals surface area (Å²) < 4.78 is 52.4. The molecule has 0 spiro atoms. The Morgan fingerprint density at radius 1 is 0.688 bits per heavy atom. The van der Waals surface area contributed by atoms with Crippen molar-refractivity contribution in [1.29, 1.82) is 0 Å². The lowest BCUT2D eigenvalue weighted by molar-refractivity contribution is 0.510. The standard InChI is InChI=1S/C12H6F4/c13-7-4-5-10(14)9(6-7)8-2-1-3-11(15)12(8)16/h1-6H. The summed E-state index contributed by atoms with van der Waals surface area (Å²) in [4.78, 5) is 0.